The number of halogens is 1. The first-order chi connectivity index (χ1) is 5.65. The van der Waals surface area contributed by atoms with Crippen molar-refractivity contribution in [3.63, 3.8) is 0 Å². The Balaban J connectivity index is -0.000000173. The standard InChI is InChI=1S/C8H18.C3H9N.BrH/c1-3-5-7-8-6-4-2;1-4(2)3;/h3-8H2,1-2H3;1-3H3;1H. The Hall–Kier alpha value is 0.440. The Labute approximate surface area is 95.7 Å². The molecule has 0 aliphatic carbocycles. The molecule has 0 aliphatic heterocycles. The van der Waals surface area contributed by atoms with Crippen molar-refractivity contribution in [2.24, 2.45) is 0 Å². The summed E-state index contributed by atoms with van der Waals surface area (Å²) in [7, 11) is 6.25. The zero-order valence-corrected chi connectivity index (χ0v) is 11.7. The van der Waals surface area contributed by atoms with Crippen LogP contribution in [0.4, 0.5) is 0 Å². The van der Waals surface area contributed by atoms with Crippen LogP contribution in [0.25, 0.3) is 0 Å². The minimum atomic E-state index is 0. The molecule has 0 saturated carbocycles. The summed E-state index contributed by atoms with van der Waals surface area (Å²) >= 11 is 0. The van der Waals surface area contributed by atoms with Gasteiger partial charge in [-0.3, -0.25) is 0 Å². The van der Waals surface area contributed by atoms with E-state index in [2.05, 4.69) is 35.0 Å². The van der Waals surface area contributed by atoms with Gasteiger partial charge in [0.15, 0.2) is 0 Å². The third-order valence-electron chi connectivity index (χ3n) is 1.46. The van der Waals surface area contributed by atoms with Crippen molar-refractivity contribution in [1.29, 1.82) is 0 Å². The van der Waals surface area contributed by atoms with Gasteiger partial charge in [-0.05, 0) is 0 Å². The zero-order valence-electron chi connectivity index (χ0n) is 10.1. The van der Waals surface area contributed by atoms with Gasteiger partial charge in [0, 0.05) is 0 Å². The highest BCUT2D eigenvalue weighted by Crippen LogP contribution is 2.03. The Morgan fingerprint density at radius 2 is 0.923 bits per heavy atom. The lowest BCUT2D eigenvalue weighted by molar-refractivity contribution is -0.836. The van der Waals surface area contributed by atoms with Crippen LogP contribution in [0.5, 0.6) is 0 Å². The number of rotatable bonds is 5. The van der Waals surface area contributed by atoms with E-state index in [9.17, 15) is 0 Å². The normalized spacial score (nSPS) is 8.77. The molecule has 0 atom stereocenters. The third-order valence-corrected chi connectivity index (χ3v) is 1.46. The molecule has 0 heterocycles. The van der Waals surface area contributed by atoms with Crippen molar-refractivity contribution in [1.82, 2.24) is 0 Å². The van der Waals surface area contributed by atoms with Gasteiger partial charge in [-0.2, -0.15) is 0 Å². The molecule has 0 unspecified atom stereocenters. The van der Waals surface area contributed by atoms with Crippen LogP contribution in [-0.2, 0) is 0 Å². The van der Waals surface area contributed by atoms with E-state index in [4.69, 9.17) is 0 Å². The molecule has 0 radical (unpaired) electrons. The molecule has 84 valence electrons. The van der Waals surface area contributed by atoms with Crippen molar-refractivity contribution in [2.45, 2.75) is 52.4 Å². The lowest BCUT2D eigenvalue weighted by Crippen LogP contribution is -3.02. The summed E-state index contributed by atoms with van der Waals surface area (Å²) in [6.45, 7) is 4.51. The summed E-state index contributed by atoms with van der Waals surface area (Å²) in [4.78, 5) is 1.42. The molecule has 0 aromatic heterocycles. The average molecular weight is 254 g/mol. The van der Waals surface area contributed by atoms with Gasteiger partial charge >= 0.3 is 0 Å². The van der Waals surface area contributed by atoms with Crippen LogP contribution in [0.1, 0.15) is 52.4 Å². The van der Waals surface area contributed by atoms with E-state index >= 15 is 0 Å². The second-order valence-corrected chi connectivity index (χ2v) is 3.91. The predicted octanol–water partition coefficient (Wildman–Crippen LogP) is -0.868. The molecule has 0 aromatic rings. The second-order valence-electron chi connectivity index (χ2n) is 3.91. The lowest BCUT2D eigenvalue weighted by Gasteiger charge is -1.93. The number of unbranched alkanes of at least 4 members (excludes halogenated alkanes) is 5. The maximum atomic E-state index is 2.26. The largest absolute Gasteiger partial charge is 1.00 e. The van der Waals surface area contributed by atoms with Gasteiger partial charge in [0.2, 0.25) is 0 Å². The van der Waals surface area contributed by atoms with Gasteiger partial charge in [0.25, 0.3) is 0 Å². The van der Waals surface area contributed by atoms with Crippen LogP contribution in [-0.4, -0.2) is 21.1 Å². The highest BCUT2D eigenvalue weighted by atomic mass is 79.9. The second kappa shape index (κ2) is 18.3. The number of hydrogen-bond acceptors (Lipinski definition) is 0. The molecule has 2 heteroatoms. The fraction of sp³-hybridized carbons (Fsp3) is 1.00. The maximum absolute atomic E-state index is 2.26. The Morgan fingerprint density at radius 3 is 1.08 bits per heavy atom. The number of nitrogens with one attached hydrogen (secondary N) is 1. The highest BCUT2D eigenvalue weighted by Gasteiger charge is 1.83. The third kappa shape index (κ3) is 45.8. The fourth-order valence-corrected chi connectivity index (χ4v) is 0.854. The van der Waals surface area contributed by atoms with E-state index in [0.717, 1.165) is 0 Å². The van der Waals surface area contributed by atoms with E-state index in [1.165, 1.54) is 43.4 Å². The molecule has 13 heavy (non-hydrogen) atoms. The van der Waals surface area contributed by atoms with E-state index < -0.39 is 0 Å². The van der Waals surface area contributed by atoms with Crippen molar-refractivity contribution >= 4 is 0 Å². The minimum Gasteiger partial charge on any atom is -1.00 e. The molecule has 0 aromatic carbocycles. The number of hydrogen-bond donors (Lipinski definition) is 1. The van der Waals surface area contributed by atoms with Crippen molar-refractivity contribution in [3.05, 3.63) is 0 Å². The number of quaternary nitrogens is 1. The molecule has 0 saturated heterocycles. The summed E-state index contributed by atoms with van der Waals surface area (Å²) in [5.41, 5.74) is 0. The molecule has 0 fully saturated rings. The Morgan fingerprint density at radius 1 is 0.692 bits per heavy atom. The van der Waals surface area contributed by atoms with E-state index in [1.54, 1.807) is 0 Å². The van der Waals surface area contributed by atoms with Gasteiger partial charge < -0.3 is 21.9 Å². The zero-order chi connectivity index (χ0) is 9.82. The molecule has 0 rings (SSSR count). The summed E-state index contributed by atoms with van der Waals surface area (Å²) < 4.78 is 0. The van der Waals surface area contributed by atoms with Gasteiger partial charge in [-0.25, -0.2) is 0 Å². The first-order valence-electron chi connectivity index (χ1n) is 5.41. The van der Waals surface area contributed by atoms with Crippen LogP contribution < -0.4 is 21.9 Å². The molecular weight excluding hydrogens is 226 g/mol. The van der Waals surface area contributed by atoms with Crippen molar-refractivity contribution in [3.8, 4) is 0 Å². The van der Waals surface area contributed by atoms with Crippen LogP contribution >= 0.6 is 0 Å². The van der Waals surface area contributed by atoms with Crippen LogP contribution in [0.15, 0.2) is 0 Å². The summed E-state index contributed by atoms with van der Waals surface area (Å²) in [5.74, 6) is 0. The molecular formula is C11H28BrN. The SMILES string of the molecule is CCCCCCCC.C[NH+](C)C.[Br-]. The van der Waals surface area contributed by atoms with Crippen LogP contribution in [0.2, 0.25) is 0 Å². The maximum Gasteiger partial charge on any atom is 0.0661 e. The van der Waals surface area contributed by atoms with E-state index in [-0.39, 0.29) is 17.0 Å². The molecule has 1 nitrogen and oxygen atoms in total. The topological polar surface area (TPSA) is 4.44 Å². The Bertz CT molecular complexity index is 56.4. The molecule has 0 amide bonds. The summed E-state index contributed by atoms with van der Waals surface area (Å²) in [6, 6.07) is 0. The molecule has 0 spiro atoms. The molecule has 0 bridgehead atoms. The minimum absolute atomic E-state index is 0. The van der Waals surface area contributed by atoms with Gasteiger partial charge in [0.1, 0.15) is 0 Å². The van der Waals surface area contributed by atoms with Gasteiger partial charge in [-0.1, -0.05) is 52.4 Å². The average Bonchev–Trinajstić information content (AvgIpc) is 1.97. The van der Waals surface area contributed by atoms with Gasteiger partial charge in [-0.15, -0.1) is 0 Å². The smallest absolute Gasteiger partial charge is 0.0661 e. The lowest BCUT2D eigenvalue weighted by atomic mass is 10.1. The summed E-state index contributed by atoms with van der Waals surface area (Å²) in [5, 5.41) is 0. The highest BCUT2D eigenvalue weighted by molar-refractivity contribution is 4.39. The molecule has 1 N–H and O–H groups in total. The van der Waals surface area contributed by atoms with Crippen LogP contribution in [0.3, 0.4) is 0 Å². The van der Waals surface area contributed by atoms with Gasteiger partial charge in [0.05, 0.1) is 21.1 Å². The molecule has 0 aliphatic rings. The Kier molecular flexibility index (Phi) is 26.8. The van der Waals surface area contributed by atoms with Crippen molar-refractivity contribution in [2.75, 3.05) is 21.1 Å². The summed E-state index contributed by atoms with van der Waals surface area (Å²) in [6.07, 6.45) is 8.49. The monoisotopic (exact) mass is 253 g/mol. The van der Waals surface area contributed by atoms with E-state index in [0.29, 0.717) is 0 Å². The first kappa shape index (κ1) is 19.1. The fourth-order valence-electron chi connectivity index (χ4n) is 0.854. The van der Waals surface area contributed by atoms with Crippen LogP contribution in [0, 0.1) is 0 Å². The quantitative estimate of drug-likeness (QED) is 0.609. The van der Waals surface area contributed by atoms with Crippen molar-refractivity contribution < 1.29 is 21.9 Å². The predicted molar refractivity (Wildman–Crippen MR) is 57.8 cm³/mol. The first-order valence-corrected chi connectivity index (χ1v) is 5.41. The van der Waals surface area contributed by atoms with E-state index in [1.807, 2.05) is 0 Å².